The number of hydrogen-bond acceptors (Lipinski definition) is 4. The number of nitrogens with zero attached hydrogens (tertiary/aromatic N) is 2. The number of carbonyl (C=O) groups is 2. The predicted octanol–water partition coefficient (Wildman–Crippen LogP) is 1.84. The van der Waals surface area contributed by atoms with Gasteiger partial charge in [0.2, 0.25) is 5.91 Å². The highest BCUT2D eigenvalue weighted by Crippen LogP contribution is 2.40. The van der Waals surface area contributed by atoms with Crippen molar-refractivity contribution in [2.75, 3.05) is 33.2 Å². The minimum atomic E-state index is -0.483. The Morgan fingerprint density at radius 3 is 2.43 bits per heavy atom. The van der Waals surface area contributed by atoms with Gasteiger partial charge in [0, 0.05) is 37.6 Å². The predicted molar refractivity (Wildman–Crippen MR) is 89.2 cm³/mol. The lowest BCUT2D eigenvalue weighted by Crippen LogP contribution is -2.58. The van der Waals surface area contributed by atoms with Crippen LogP contribution in [-0.4, -0.2) is 66.7 Å². The van der Waals surface area contributed by atoms with Gasteiger partial charge in [0.05, 0.1) is 0 Å². The fourth-order valence-electron chi connectivity index (χ4n) is 3.02. The fraction of sp³-hybridized carbons (Fsp3) is 0.882. The highest BCUT2D eigenvalue weighted by molar-refractivity contribution is 5.83. The molecule has 1 saturated carbocycles. The average molecular weight is 325 g/mol. The third kappa shape index (κ3) is 4.59. The Bertz CT molecular complexity index is 454. The molecule has 0 aromatic carbocycles. The topological polar surface area (TPSA) is 61.9 Å². The Kier molecular flexibility index (Phi) is 5.23. The van der Waals surface area contributed by atoms with Gasteiger partial charge in [0.15, 0.2) is 0 Å². The van der Waals surface area contributed by atoms with Crippen LogP contribution in [0, 0.1) is 5.41 Å². The second-order valence-corrected chi connectivity index (χ2v) is 8.19. The normalized spacial score (nSPS) is 24.7. The van der Waals surface area contributed by atoms with Crippen LogP contribution in [0.2, 0.25) is 0 Å². The quantitative estimate of drug-likeness (QED) is 0.860. The lowest BCUT2D eigenvalue weighted by Gasteiger charge is -2.41. The fourth-order valence-corrected chi connectivity index (χ4v) is 3.02. The summed E-state index contributed by atoms with van der Waals surface area (Å²) in [6, 6.07) is 0.129. The standard InChI is InChI=1S/C17H31N3O3/c1-16(2,3)23-15(22)20-10-9-19(5)13(12-20)11-18-14(21)17(4)7-6-8-17/h13H,6-12H2,1-5H3,(H,18,21). The third-order valence-electron chi connectivity index (χ3n) is 4.93. The number of amides is 2. The molecule has 1 aliphatic heterocycles. The highest BCUT2D eigenvalue weighted by atomic mass is 16.6. The minimum Gasteiger partial charge on any atom is -0.444 e. The average Bonchev–Trinajstić information content (AvgIpc) is 2.41. The third-order valence-corrected chi connectivity index (χ3v) is 4.93. The monoisotopic (exact) mass is 325 g/mol. The number of rotatable bonds is 3. The van der Waals surface area contributed by atoms with E-state index in [2.05, 4.69) is 10.2 Å². The summed E-state index contributed by atoms with van der Waals surface area (Å²) in [7, 11) is 2.04. The Morgan fingerprint density at radius 1 is 1.26 bits per heavy atom. The first-order chi connectivity index (χ1) is 10.6. The Morgan fingerprint density at radius 2 is 1.91 bits per heavy atom. The van der Waals surface area contributed by atoms with Crippen LogP contribution in [0.4, 0.5) is 4.79 Å². The Hall–Kier alpha value is -1.30. The molecule has 0 aromatic rings. The lowest BCUT2D eigenvalue weighted by molar-refractivity contribution is -0.134. The summed E-state index contributed by atoms with van der Waals surface area (Å²) in [5.74, 6) is 0.145. The molecule has 1 aliphatic carbocycles. The van der Waals surface area contributed by atoms with Crippen LogP contribution >= 0.6 is 0 Å². The molecule has 2 aliphatic rings. The first kappa shape index (κ1) is 18.0. The molecule has 1 heterocycles. The molecule has 0 aromatic heterocycles. The molecule has 2 amide bonds. The lowest BCUT2D eigenvalue weighted by atomic mass is 9.70. The van der Waals surface area contributed by atoms with Crippen LogP contribution in [0.25, 0.3) is 0 Å². The SMILES string of the molecule is CN1CCN(C(=O)OC(C)(C)C)CC1CNC(=O)C1(C)CCC1. The second-order valence-electron chi connectivity index (χ2n) is 8.19. The number of nitrogens with one attached hydrogen (secondary N) is 1. The molecule has 0 radical (unpaired) electrons. The summed E-state index contributed by atoms with van der Waals surface area (Å²) in [5.41, 5.74) is -0.666. The van der Waals surface area contributed by atoms with Gasteiger partial charge in [-0.05, 0) is 40.7 Å². The van der Waals surface area contributed by atoms with Gasteiger partial charge in [0.1, 0.15) is 5.60 Å². The molecule has 23 heavy (non-hydrogen) atoms. The van der Waals surface area contributed by atoms with Crippen molar-refractivity contribution in [3.8, 4) is 0 Å². The summed E-state index contributed by atoms with van der Waals surface area (Å²) in [4.78, 5) is 28.4. The molecule has 1 atom stereocenters. The van der Waals surface area contributed by atoms with Crippen molar-refractivity contribution in [3.63, 3.8) is 0 Å². The van der Waals surface area contributed by atoms with Crippen molar-refractivity contribution < 1.29 is 14.3 Å². The zero-order valence-electron chi connectivity index (χ0n) is 15.1. The number of likely N-dealkylation sites (N-methyl/N-ethyl adjacent to an activating group) is 1. The van der Waals surface area contributed by atoms with E-state index < -0.39 is 5.60 Å². The largest absolute Gasteiger partial charge is 0.444 e. The van der Waals surface area contributed by atoms with Gasteiger partial charge >= 0.3 is 6.09 Å². The maximum atomic E-state index is 12.3. The van der Waals surface area contributed by atoms with Crippen molar-refractivity contribution in [1.29, 1.82) is 0 Å². The molecular formula is C17H31N3O3. The van der Waals surface area contributed by atoms with Gasteiger partial charge < -0.3 is 15.0 Å². The second kappa shape index (κ2) is 6.67. The molecule has 0 spiro atoms. The van der Waals surface area contributed by atoms with Crippen LogP contribution in [0.15, 0.2) is 0 Å². The van der Waals surface area contributed by atoms with Crippen molar-refractivity contribution in [2.45, 2.75) is 58.6 Å². The Balaban J connectivity index is 1.85. The minimum absolute atomic E-state index is 0.129. The molecular weight excluding hydrogens is 294 g/mol. The van der Waals surface area contributed by atoms with Crippen molar-refractivity contribution in [3.05, 3.63) is 0 Å². The molecule has 6 nitrogen and oxygen atoms in total. The summed E-state index contributed by atoms with van der Waals surface area (Å²) in [6.45, 7) is 10.3. The van der Waals surface area contributed by atoms with E-state index in [0.29, 0.717) is 19.6 Å². The van der Waals surface area contributed by atoms with Crippen LogP contribution in [0.3, 0.4) is 0 Å². The van der Waals surface area contributed by atoms with E-state index in [4.69, 9.17) is 4.74 Å². The molecule has 2 fully saturated rings. The van der Waals surface area contributed by atoms with Gasteiger partial charge in [-0.2, -0.15) is 0 Å². The molecule has 0 bridgehead atoms. The molecule has 6 heteroatoms. The summed E-state index contributed by atoms with van der Waals surface area (Å²) >= 11 is 0. The number of piperazine rings is 1. The summed E-state index contributed by atoms with van der Waals surface area (Å²) in [6.07, 6.45) is 2.82. The van der Waals surface area contributed by atoms with E-state index >= 15 is 0 Å². The van der Waals surface area contributed by atoms with Crippen molar-refractivity contribution in [2.24, 2.45) is 5.41 Å². The summed E-state index contributed by atoms with van der Waals surface area (Å²) in [5, 5.41) is 3.07. The molecule has 1 N–H and O–H groups in total. The highest BCUT2D eigenvalue weighted by Gasteiger charge is 2.39. The van der Waals surface area contributed by atoms with Gasteiger partial charge in [-0.1, -0.05) is 13.3 Å². The van der Waals surface area contributed by atoms with E-state index in [0.717, 1.165) is 25.8 Å². The van der Waals surface area contributed by atoms with Crippen molar-refractivity contribution in [1.82, 2.24) is 15.1 Å². The van der Waals surface area contributed by atoms with Crippen molar-refractivity contribution >= 4 is 12.0 Å². The molecule has 2 rings (SSSR count). The molecule has 1 unspecified atom stereocenters. The Labute approximate surface area is 139 Å². The van der Waals surface area contributed by atoms with Crippen LogP contribution in [-0.2, 0) is 9.53 Å². The van der Waals surface area contributed by atoms with E-state index in [1.807, 2.05) is 34.7 Å². The number of hydrogen-bond donors (Lipinski definition) is 1. The van der Waals surface area contributed by atoms with Crippen LogP contribution < -0.4 is 5.32 Å². The molecule has 132 valence electrons. The van der Waals surface area contributed by atoms with Gasteiger partial charge in [-0.3, -0.25) is 9.69 Å². The van der Waals surface area contributed by atoms with E-state index in [-0.39, 0.29) is 23.5 Å². The van der Waals surface area contributed by atoms with Gasteiger partial charge in [0.25, 0.3) is 0 Å². The van der Waals surface area contributed by atoms with Gasteiger partial charge in [-0.15, -0.1) is 0 Å². The van der Waals surface area contributed by atoms with E-state index in [1.165, 1.54) is 0 Å². The van der Waals surface area contributed by atoms with E-state index in [1.54, 1.807) is 4.90 Å². The van der Waals surface area contributed by atoms with E-state index in [9.17, 15) is 9.59 Å². The van der Waals surface area contributed by atoms with Crippen LogP contribution in [0.5, 0.6) is 0 Å². The zero-order chi connectivity index (χ0) is 17.3. The maximum absolute atomic E-state index is 12.3. The zero-order valence-corrected chi connectivity index (χ0v) is 15.1. The number of ether oxygens (including phenoxy) is 1. The van der Waals surface area contributed by atoms with Gasteiger partial charge in [-0.25, -0.2) is 4.79 Å². The smallest absolute Gasteiger partial charge is 0.410 e. The molecule has 1 saturated heterocycles. The maximum Gasteiger partial charge on any atom is 0.410 e. The summed E-state index contributed by atoms with van der Waals surface area (Å²) < 4.78 is 5.45. The first-order valence-electron chi connectivity index (χ1n) is 8.57. The van der Waals surface area contributed by atoms with Crippen LogP contribution in [0.1, 0.15) is 47.0 Å². The first-order valence-corrected chi connectivity index (χ1v) is 8.57. The number of carbonyl (C=O) groups excluding carboxylic acids is 2.